The number of nitrogens with one attached hydrogen (secondary N) is 5. The number of carboxylic acids is 1. The number of carboxylic acid groups (broad SMARTS) is 1. The SMILES string of the molecule is CC(=O)C[C@@H]1CC[C@H](NC(=O)Cc2ccc[n+](O)c2)B(O)O1.CC(=O)C[C@@H]1CC[C@H](NC(=O)Cc2cccc[n+]2O)B(O)O1.CC(=O)C[C@H]1C=CC[C@H](NC(=O)/C(=C\C(=O)O)c2cccs2)B(O)O1.CC(=O)C[C@H]1C=CC[C@H](NC(=O)/C(=C\CO)c2cccs2)B(O)O1.CO/N=C(/C(=O)N[C@H]1CC=C[C@H](CC(C)=O)OB1O)c1cccs1. The first-order valence-electron chi connectivity index (χ1n) is 37.3. The number of nitrogens with zero attached hydrogens (tertiary/aromatic N) is 3. The molecule has 0 spiro atoms. The second-order valence-corrected chi connectivity index (χ2v) is 30.3. The maximum Gasteiger partial charge on any atom is 0.478 e. The zero-order chi connectivity index (χ0) is 85.7. The van der Waals surface area contributed by atoms with Gasteiger partial charge in [0.25, 0.3) is 17.7 Å². The van der Waals surface area contributed by atoms with Crippen LogP contribution >= 0.6 is 34.0 Å². The number of thiophene rings is 3. The fourth-order valence-corrected chi connectivity index (χ4v) is 14.4. The summed E-state index contributed by atoms with van der Waals surface area (Å²) >= 11 is 3.98. The Hall–Kier alpha value is -9.78. The van der Waals surface area contributed by atoms with Gasteiger partial charge in [0.05, 0.1) is 77.1 Å². The summed E-state index contributed by atoms with van der Waals surface area (Å²) in [5.41, 5.74) is 1.59. The number of ketones is 5. The summed E-state index contributed by atoms with van der Waals surface area (Å²) in [5, 5.41) is 110. The smallest absolute Gasteiger partial charge is 0.478 e. The molecule has 624 valence electrons. The summed E-state index contributed by atoms with van der Waals surface area (Å²) in [6, 6.07) is 18.9. The zero-order valence-corrected chi connectivity index (χ0v) is 67.7. The van der Waals surface area contributed by atoms with E-state index in [0.717, 1.165) is 20.4 Å². The molecule has 5 aromatic rings. The van der Waals surface area contributed by atoms with Crippen LogP contribution in [0.15, 0.2) is 155 Å². The van der Waals surface area contributed by atoms with E-state index >= 15 is 0 Å². The number of aromatic nitrogens is 2. The Morgan fingerprint density at radius 3 is 1.31 bits per heavy atom. The lowest BCUT2D eigenvalue weighted by Gasteiger charge is -2.31. The number of hydrogen-bond donors (Lipinski definition) is 14. The molecular formula is C75H97B5N8O26S3+2. The van der Waals surface area contributed by atoms with E-state index in [-0.39, 0.29) is 116 Å². The Morgan fingerprint density at radius 2 is 0.915 bits per heavy atom. The number of aliphatic hydroxyl groups excluding tert-OH is 1. The first-order chi connectivity index (χ1) is 55.8. The largest absolute Gasteiger partial charge is 0.478 e. The quantitative estimate of drug-likeness (QED) is 0.00645. The van der Waals surface area contributed by atoms with Gasteiger partial charge in [-0.2, -0.15) is 0 Å². The lowest BCUT2D eigenvalue weighted by molar-refractivity contribution is -0.909. The molecule has 42 heteroatoms. The minimum Gasteiger partial charge on any atom is -0.478 e. The van der Waals surface area contributed by atoms with Gasteiger partial charge in [-0.15, -0.1) is 34.0 Å². The second kappa shape index (κ2) is 50.1. The minimum absolute atomic E-state index is 0.00255. The van der Waals surface area contributed by atoms with Crippen molar-refractivity contribution in [1.82, 2.24) is 26.6 Å². The van der Waals surface area contributed by atoms with Crippen molar-refractivity contribution in [3.63, 3.8) is 0 Å². The third-order valence-corrected chi connectivity index (χ3v) is 20.2. The summed E-state index contributed by atoms with van der Waals surface area (Å²) in [6.07, 6.45) is 19.4. The molecule has 0 bridgehead atoms. The molecule has 10 rings (SSSR count). The summed E-state index contributed by atoms with van der Waals surface area (Å²) in [7, 11) is -4.62. The van der Waals surface area contributed by atoms with Crippen LogP contribution < -0.4 is 36.0 Å². The number of oxime groups is 1. The van der Waals surface area contributed by atoms with Crippen LogP contribution in [0.25, 0.3) is 11.1 Å². The fraction of sp³-hybridized carbons (Fsp3) is 0.413. The van der Waals surface area contributed by atoms with E-state index in [4.69, 9.17) is 38.3 Å². The van der Waals surface area contributed by atoms with E-state index in [1.807, 2.05) is 16.8 Å². The average Bonchev–Trinajstić information content (AvgIpc) is 1.11. The highest BCUT2D eigenvalue weighted by Gasteiger charge is 2.40. The Morgan fingerprint density at radius 1 is 0.496 bits per heavy atom. The maximum atomic E-state index is 12.5. The van der Waals surface area contributed by atoms with E-state index in [0.29, 0.717) is 71.5 Å². The normalized spacial score (nSPS) is 21.3. The van der Waals surface area contributed by atoms with Gasteiger partial charge in [-0.25, -0.2) is 4.79 Å². The molecule has 5 aliphatic rings. The third kappa shape index (κ3) is 34.7. The summed E-state index contributed by atoms with van der Waals surface area (Å²) in [6.45, 7) is 7.05. The van der Waals surface area contributed by atoms with Crippen molar-refractivity contribution in [2.45, 2.75) is 185 Å². The van der Waals surface area contributed by atoms with E-state index in [1.165, 1.54) is 100 Å². The molecule has 10 heterocycles. The number of rotatable bonds is 28. The van der Waals surface area contributed by atoms with Crippen LogP contribution in [-0.2, 0) is 93.7 Å². The summed E-state index contributed by atoms with van der Waals surface area (Å²) in [5.74, 6) is -6.43. The van der Waals surface area contributed by atoms with Crippen molar-refractivity contribution in [2.24, 2.45) is 5.16 Å². The highest BCUT2D eigenvalue weighted by Crippen LogP contribution is 2.26. The lowest BCUT2D eigenvalue weighted by atomic mass is 9.72. The number of pyridine rings is 2. The van der Waals surface area contributed by atoms with Crippen LogP contribution in [0.1, 0.15) is 138 Å². The standard InChI is InChI=1S/C16H18BNO6S.C16H20BNO5S.C15H19BN2O5S.2C14H19BN2O5/c1-10(19)8-11-4-2-6-14(17(23)24-11)18-16(22)12(9-15(20)21)13-5-3-7-25-13;1-11(20)10-12-4-2-6-15(17(22)23-12)18-16(21)13(7-8-19)14-5-3-9-24-14;1-10(19)9-11-5-3-7-13(16(21)23-11)17-15(20)14(18-22-2)12-6-4-8-24-12;1-10(18)7-12-4-5-13(15(20)22-12)16-14(19)8-11-3-2-6-17(21)9-11;1-10(18)8-12-5-6-13(15(20)22-12)16-14(19)9-11-4-2-3-7-17(11)21/h2-5,7,9,11,14,23H,6,8H2,1H3,(H,18,22)(H,20,21);2-5,7,9,12,15,19,22H,6,8,10H2,1H3,(H,18,21);3-6,8,11,13,21H,7,9H2,1-2H3,(H,17,20);2-3,6,9,12-13,20H,4-5,7-8H2,1H3,(H-,16,19,21);2-4,7,12-13,20H,5-6,8-9H2,1H3,(H-,16,19,21)/p+2/b12-9-;13-7-;18-14+;;/t11-,14+;12-,15+;11-,13+;2*12-,13-/m11100/s1. The first-order valence-corrected chi connectivity index (χ1v) is 39.9. The van der Waals surface area contributed by atoms with Gasteiger partial charge in [0.15, 0.2) is 5.71 Å². The number of amides is 5. The molecule has 0 aliphatic carbocycles. The predicted molar refractivity (Wildman–Crippen MR) is 432 cm³/mol. The van der Waals surface area contributed by atoms with Crippen molar-refractivity contribution < 1.29 is 136 Å². The van der Waals surface area contributed by atoms with Gasteiger partial charge < -0.3 is 90.0 Å². The van der Waals surface area contributed by atoms with Gasteiger partial charge in [0.1, 0.15) is 42.4 Å². The average molecular weight is 1680 g/mol. The van der Waals surface area contributed by atoms with Crippen LogP contribution in [-0.4, -0.2) is 225 Å². The number of carbonyl (C=O) groups is 11. The molecule has 0 saturated carbocycles. The topological polar surface area (TPSA) is 505 Å². The van der Waals surface area contributed by atoms with Gasteiger partial charge in [-0.3, -0.25) is 58.4 Å². The van der Waals surface area contributed by atoms with Crippen molar-refractivity contribution in [2.75, 3.05) is 13.7 Å². The number of aliphatic carboxylic acids is 1. The molecule has 34 nitrogen and oxygen atoms in total. The van der Waals surface area contributed by atoms with Gasteiger partial charge in [-0.05, 0) is 132 Å². The summed E-state index contributed by atoms with van der Waals surface area (Å²) in [4.78, 5) is 135. The molecule has 14 N–H and O–H groups in total. The zero-order valence-electron chi connectivity index (χ0n) is 65.2. The lowest BCUT2D eigenvalue weighted by Crippen LogP contribution is -2.53. The molecule has 5 aliphatic heterocycles. The molecule has 5 aromatic heterocycles. The number of aliphatic hydroxyl groups is 1. The molecule has 10 atom stereocenters. The molecule has 5 amide bonds. The van der Waals surface area contributed by atoms with Crippen LogP contribution in [0.5, 0.6) is 0 Å². The highest BCUT2D eigenvalue weighted by molar-refractivity contribution is 7.13. The van der Waals surface area contributed by atoms with E-state index < -0.39 is 107 Å². The Balaban J connectivity index is 0.000000227. The highest BCUT2D eigenvalue weighted by atomic mass is 32.1. The van der Waals surface area contributed by atoms with Gasteiger partial charge >= 0.3 is 41.6 Å². The predicted octanol–water partition coefficient (Wildman–Crippen LogP) is 1.76. The maximum absolute atomic E-state index is 12.5. The van der Waals surface area contributed by atoms with E-state index in [9.17, 15) is 88.3 Å². The fourth-order valence-electron chi connectivity index (χ4n) is 12.1. The second-order valence-electron chi connectivity index (χ2n) is 27.5. The number of hydrogen-bond acceptors (Lipinski definition) is 29. The Bertz CT molecular complexity index is 4200. The van der Waals surface area contributed by atoms with Gasteiger partial charge in [0, 0.05) is 93.4 Å². The van der Waals surface area contributed by atoms with Gasteiger partial charge in [0.2, 0.25) is 36.1 Å². The Labute approximate surface area is 689 Å². The molecule has 0 unspecified atom stereocenters. The number of carbonyl (C=O) groups excluding carboxylic acids is 10. The third-order valence-electron chi connectivity index (χ3n) is 17.5. The van der Waals surface area contributed by atoms with Crippen molar-refractivity contribution in [3.05, 3.63) is 176 Å². The van der Waals surface area contributed by atoms with Crippen molar-refractivity contribution >= 4 is 151 Å². The van der Waals surface area contributed by atoms with Crippen LogP contribution in [0.2, 0.25) is 0 Å². The molecule has 117 heavy (non-hydrogen) atoms. The Kier molecular flexibility index (Phi) is 41.1. The van der Waals surface area contributed by atoms with Crippen LogP contribution in [0.4, 0.5) is 0 Å². The molecule has 2 fully saturated rings. The monoisotopic (exact) mass is 1680 g/mol. The van der Waals surface area contributed by atoms with Crippen molar-refractivity contribution in [1.29, 1.82) is 0 Å². The van der Waals surface area contributed by atoms with Crippen LogP contribution in [0.3, 0.4) is 0 Å². The van der Waals surface area contributed by atoms with Crippen molar-refractivity contribution in [3.8, 4) is 0 Å². The van der Waals surface area contributed by atoms with E-state index in [1.54, 1.807) is 102 Å². The molecule has 0 radical (unpaired) electrons. The molecule has 0 aromatic carbocycles. The molecule has 2 saturated heterocycles. The van der Waals surface area contributed by atoms with Crippen LogP contribution in [0, 0.1) is 0 Å². The molecular weight excluding hydrogens is 1580 g/mol. The van der Waals surface area contributed by atoms with Gasteiger partial charge in [-0.1, -0.05) is 59.8 Å². The van der Waals surface area contributed by atoms with E-state index in [2.05, 4.69) is 31.7 Å². The number of Topliss-reactive ketones (excluding diaryl/α,β-unsaturated/α-hetero) is 5. The summed E-state index contributed by atoms with van der Waals surface area (Å²) < 4.78 is 28.7. The first kappa shape index (κ1) is 96.1. The minimum atomic E-state index is -1.31.